The van der Waals surface area contributed by atoms with Gasteiger partial charge >= 0.3 is 5.28 Å². The van der Waals surface area contributed by atoms with Crippen molar-refractivity contribution in [3.05, 3.63) is 17.7 Å². The van der Waals surface area contributed by atoms with Crippen molar-refractivity contribution in [1.82, 2.24) is 4.98 Å². The molecule has 0 atom stereocenters. The summed E-state index contributed by atoms with van der Waals surface area (Å²) in [5, 5.41) is 0.565. The Morgan fingerprint density at radius 3 is 2.83 bits per heavy atom. The summed E-state index contributed by atoms with van der Waals surface area (Å²) in [6, 6.07) is 0. The van der Waals surface area contributed by atoms with Crippen LogP contribution in [0, 0.1) is 0 Å². The molecular formula is C3H4ClN2+. The third-order valence-electron chi connectivity index (χ3n) is 0.503. The summed E-state index contributed by atoms with van der Waals surface area (Å²) in [5.41, 5.74) is 0. The Morgan fingerprint density at radius 2 is 2.67 bits per heavy atom. The van der Waals surface area contributed by atoms with E-state index < -0.39 is 0 Å². The number of hydrogen-bond donors (Lipinski definition) is 1. The van der Waals surface area contributed by atoms with E-state index >= 15 is 0 Å². The van der Waals surface area contributed by atoms with Crippen molar-refractivity contribution in [3.8, 4) is 0 Å². The van der Waals surface area contributed by atoms with Crippen LogP contribution in [-0.2, 0) is 0 Å². The first-order valence-electron chi connectivity index (χ1n) is 1.60. The molecule has 0 aromatic carbocycles. The van der Waals surface area contributed by atoms with E-state index in [0.717, 1.165) is 0 Å². The van der Waals surface area contributed by atoms with Crippen molar-refractivity contribution in [2.45, 2.75) is 0 Å². The molecule has 0 saturated heterocycles. The van der Waals surface area contributed by atoms with Crippen molar-refractivity contribution in [3.63, 3.8) is 0 Å². The van der Waals surface area contributed by atoms with Gasteiger partial charge in [-0.2, -0.15) is 0 Å². The van der Waals surface area contributed by atoms with E-state index in [9.17, 15) is 0 Å². The molecule has 3 heteroatoms. The van der Waals surface area contributed by atoms with E-state index in [1.54, 1.807) is 12.4 Å². The maximum absolute atomic E-state index is 5.34. The number of nitrogens with one attached hydrogen (secondary N) is 2. The SMILES string of the molecule is Clc1[nH]cc[nH+]1. The van der Waals surface area contributed by atoms with Crippen LogP contribution in [0.25, 0.3) is 0 Å². The molecule has 0 saturated carbocycles. The van der Waals surface area contributed by atoms with Gasteiger partial charge in [0.05, 0.1) is 0 Å². The van der Waals surface area contributed by atoms with Gasteiger partial charge in [-0.1, -0.05) is 0 Å². The minimum absolute atomic E-state index is 0.565. The molecule has 32 valence electrons. The van der Waals surface area contributed by atoms with Gasteiger partial charge in [-0.15, -0.1) is 0 Å². The lowest BCUT2D eigenvalue weighted by atomic mass is 11.0. The molecular weight excluding hydrogens is 99.5 g/mol. The van der Waals surface area contributed by atoms with Crippen LogP contribution in [0.4, 0.5) is 0 Å². The van der Waals surface area contributed by atoms with Crippen molar-refractivity contribution in [2.24, 2.45) is 0 Å². The Hall–Kier alpha value is -0.500. The first kappa shape index (κ1) is 3.68. The second kappa shape index (κ2) is 1.30. The monoisotopic (exact) mass is 103 g/mol. The normalized spacial score (nSPS) is 8.83. The molecule has 1 aromatic rings. The fraction of sp³-hybridized carbons (Fsp3) is 0. The van der Waals surface area contributed by atoms with E-state index in [4.69, 9.17) is 11.6 Å². The molecule has 0 amide bonds. The van der Waals surface area contributed by atoms with Crippen molar-refractivity contribution >= 4 is 11.6 Å². The minimum Gasteiger partial charge on any atom is -0.233 e. The predicted octanol–water partition coefficient (Wildman–Crippen LogP) is 0.482. The van der Waals surface area contributed by atoms with Crippen LogP contribution in [0.1, 0.15) is 0 Å². The highest BCUT2D eigenvalue weighted by atomic mass is 35.5. The zero-order valence-corrected chi connectivity index (χ0v) is 3.79. The average Bonchev–Trinajstić information content (AvgIpc) is 1.86. The molecule has 0 bridgehead atoms. The third-order valence-corrected chi connectivity index (χ3v) is 0.722. The summed E-state index contributed by atoms with van der Waals surface area (Å²) in [4.78, 5) is 5.42. The molecule has 6 heavy (non-hydrogen) atoms. The van der Waals surface area contributed by atoms with E-state index in [1.807, 2.05) is 0 Å². The topological polar surface area (TPSA) is 29.9 Å². The number of H-pyrrole nitrogens is 2. The van der Waals surface area contributed by atoms with Gasteiger partial charge in [0, 0.05) is 11.6 Å². The molecule has 1 rings (SSSR count). The molecule has 0 aliphatic heterocycles. The highest BCUT2D eigenvalue weighted by molar-refractivity contribution is 6.27. The fourth-order valence-corrected chi connectivity index (χ4v) is 0.397. The van der Waals surface area contributed by atoms with Crippen LogP contribution in [0.5, 0.6) is 0 Å². The Bertz CT molecular complexity index is 112. The van der Waals surface area contributed by atoms with Crippen molar-refractivity contribution < 1.29 is 4.98 Å². The predicted molar refractivity (Wildman–Crippen MR) is 22.4 cm³/mol. The number of aromatic amines is 2. The quantitative estimate of drug-likeness (QED) is 0.495. The Kier molecular flexibility index (Phi) is 0.801. The molecule has 0 aliphatic rings. The third kappa shape index (κ3) is 0.518. The van der Waals surface area contributed by atoms with Gasteiger partial charge in [0.2, 0.25) is 0 Å². The van der Waals surface area contributed by atoms with Crippen LogP contribution in [0.3, 0.4) is 0 Å². The summed E-state index contributed by atoms with van der Waals surface area (Å²) >= 11 is 5.34. The van der Waals surface area contributed by atoms with Crippen molar-refractivity contribution in [2.75, 3.05) is 0 Å². The lowest BCUT2D eigenvalue weighted by Gasteiger charge is -1.55. The summed E-state index contributed by atoms with van der Waals surface area (Å²) in [5.74, 6) is 0. The van der Waals surface area contributed by atoms with E-state index in [2.05, 4.69) is 9.97 Å². The van der Waals surface area contributed by atoms with Crippen LogP contribution in [0.15, 0.2) is 12.4 Å². The number of hydrogen-bond acceptors (Lipinski definition) is 0. The van der Waals surface area contributed by atoms with Gasteiger partial charge < -0.3 is 0 Å². The smallest absolute Gasteiger partial charge is 0.233 e. The number of aromatic nitrogens is 2. The van der Waals surface area contributed by atoms with Gasteiger partial charge in [-0.25, -0.2) is 9.97 Å². The van der Waals surface area contributed by atoms with Gasteiger partial charge in [-0.05, 0) is 0 Å². The van der Waals surface area contributed by atoms with Crippen LogP contribution in [-0.4, -0.2) is 4.98 Å². The molecule has 2 nitrogen and oxygen atoms in total. The maximum atomic E-state index is 5.34. The second-order valence-corrected chi connectivity index (χ2v) is 1.31. The van der Waals surface area contributed by atoms with Gasteiger partial charge in [0.25, 0.3) is 0 Å². The van der Waals surface area contributed by atoms with E-state index in [-0.39, 0.29) is 0 Å². The minimum atomic E-state index is 0.565. The molecule has 1 aromatic heterocycles. The van der Waals surface area contributed by atoms with Crippen LogP contribution in [0.2, 0.25) is 5.28 Å². The highest BCUT2D eigenvalue weighted by Crippen LogP contribution is 1.86. The Morgan fingerprint density at radius 1 is 1.83 bits per heavy atom. The first-order chi connectivity index (χ1) is 2.89. The van der Waals surface area contributed by atoms with E-state index in [1.165, 1.54) is 0 Å². The summed E-state index contributed by atoms with van der Waals surface area (Å²) in [6.45, 7) is 0. The largest absolute Gasteiger partial charge is 0.350 e. The van der Waals surface area contributed by atoms with Gasteiger partial charge in [-0.3, -0.25) is 0 Å². The molecule has 0 fully saturated rings. The fourth-order valence-electron chi connectivity index (χ4n) is 0.271. The molecule has 0 radical (unpaired) electrons. The second-order valence-electron chi connectivity index (χ2n) is 0.936. The number of imidazole rings is 1. The zero-order chi connectivity index (χ0) is 4.41. The Balaban J connectivity index is 3.05. The average molecular weight is 104 g/mol. The summed E-state index contributed by atoms with van der Waals surface area (Å²) in [6.07, 6.45) is 3.45. The molecule has 0 spiro atoms. The molecule has 1 heterocycles. The van der Waals surface area contributed by atoms with E-state index in [0.29, 0.717) is 5.28 Å². The number of rotatable bonds is 0. The maximum Gasteiger partial charge on any atom is 0.350 e. The molecule has 0 unspecified atom stereocenters. The molecule has 0 aliphatic carbocycles. The summed E-state index contributed by atoms with van der Waals surface area (Å²) < 4.78 is 0. The lowest BCUT2D eigenvalue weighted by Crippen LogP contribution is -1.93. The van der Waals surface area contributed by atoms with Crippen LogP contribution >= 0.6 is 11.6 Å². The lowest BCUT2D eigenvalue weighted by molar-refractivity contribution is -0.373. The molecule has 2 N–H and O–H groups in total. The zero-order valence-electron chi connectivity index (χ0n) is 3.03. The summed E-state index contributed by atoms with van der Waals surface area (Å²) in [7, 11) is 0. The van der Waals surface area contributed by atoms with Crippen molar-refractivity contribution in [1.29, 1.82) is 0 Å². The highest BCUT2D eigenvalue weighted by Gasteiger charge is 1.87. The van der Waals surface area contributed by atoms with Crippen LogP contribution < -0.4 is 4.98 Å². The standard InChI is InChI=1S/C3H3ClN2/c4-3-5-1-2-6-3/h1-2H,(H,5,6)/p+1. The first-order valence-corrected chi connectivity index (χ1v) is 1.98. The Labute approximate surface area is 40.2 Å². The van der Waals surface area contributed by atoms with Gasteiger partial charge in [0.1, 0.15) is 12.4 Å². The van der Waals surface area contributed by atoms with Gasteiger partial charge in [0.15, 0.2) is 0 Å². The number of halogens is 1.